The Morgan fingerprint density at radius 1 is 1.38 bits per heavy atom. The van der Waals surface area contributed by atoms with Gasteiger partial charge in [-0.3, -0.25) is 0 Å². The summed E-state index contributed by atoms with van der Waals surface area (Å²) in [5.41, 5.74) is 0.557. The van der Waals surface area contributed by atoms with Crippen molar-refractivity contribution in [1.82, 2.24) is 10.6 Å². The first-order valence-electron chi connectivity index (χ1n) is 6.96. The molecule has 0 aliphatic carbocycles. The minimum Gasteiger partial charge on any atom is -0.479 e. The Morgan fingerprint density at radius 2 is 2.10 bits per heavy atom. The topological polar surface area (TPSA) is 78.4 Å². The van der Waals surface area contributed by atoms with Crippen LogP contribution in [0.15, 0.2) is 30.3 Å². The zero-order chi connectivity index (χ0) is 15.3. The molecule has 6 heteroatoms. The number of thioether (sulfide) groups is 1. The monoisotopic (exact) mass is 308 g/mol. The third kappa shape index (κ3) is 4.39. The molecule has 1 saturated heterocycles. The molecule has 2 amide bonds. The zero-order valence-electron chi connectivity index (χ0n) is 12.0. The number of carbonyl (C=O) groups is 2. The van der Waals surface area contributed by atoms with E-state index in [1.54, 1.807) is 30.3 Å². The van der Waals surface area contributed by atoms with E-state index in [1.807, 2.05) is 11.8 Å². The number of nitrogens with one attached hydrogen (secondary N) is 2. The lowest BCUT2D eigenvalue weighted by Crippen LogP contribution is -2.45. The Labute approximate surface area is 128 Å². The van der Waals surface area contributed by atoms with E-state index in [0.717, 1.165) is 18.6 Å². The summed E-state index contributed by atoms with van der Waals surface area (Å²) in [7, 11) is 0. The van der Waals surface area contributed by atoms with Crippen molar-refractivity contribution in [2.45, 2.75) is 30.6 Å². The number of aliphatic carboxylic acids is 1. The molecule has 2 rings (SSSR count). The summed E-state index contributed by atoms with van der Waals surface area (Å²) in [6, 6.07) is 7.21. The largest absolute Gasteiger partial charge is 0.479 e. The van der Waals surface area contributed by atoms with Crippen molar-refractivity contribution in [1.29, 1.82) is 0 Å². The van der Waals surface area contributed by atoms with Gasteiger partial charge in [0.2, 0.25) is 0 Å². The van der Waals surface area contributed by atoms with Crippen LogP contribution >= 0.6 is 11.8 Å². The van der Waals surface area contributed by atoms with E-state index in [2.05, 4.69) is 17.6 Å². The van der Waals surface area contributed by atoms with Gasteiger partial charge in [0, 0.05) is 11.3 Å². The van der Waals surface area contributed by atoms with Crippen LogP contribution in [0, 0.1) is 0 Å². The molecular weight excluding hydrogens is 288 g/mol. The van der Waals surface area contributed by atoms with E-state index in [0.29, 0.717) is 12.1 Å². The summed E-state index contributed by atoms with van der Waals surface area (Å²) in [6.45, 7) is 2.67. The summed E-state index contributed by atoms with van der Waals surface area (Å²) in [5, 5.41) is 14.6. The van der Waals surface area contributed by atoms with Crippen LogP contribution in [0.5, 0.6) is 0 Å². The van der Waals surface area contributed by atoms with Gasteiger partial charge in [-0.2, -0.15) is 11.8 Å². The van der Waals surface area contributed by atoms with Crippen molar-refractivity contribution in [3.8, 4) is 0 Å². The molecule has 1 aromatic rings. The molecule has 5 nitrogen and oxygen atoms in total. The van der Waals surface area contributed by atoms with E-state index in [1.165, 1.54) is 0 Å². The Kier molecular flexibility index (Phi) is 5.12. The molecule has 0 bridgehead atoms. The highest BCUT2D eigenvalue weighted by molar-refractivity contribution is 8.00. The van der Waals surface area contributed by atoms with Gasteiger partial charge in [0.05, 0.1) is 0 Å². The Morgan fingerprint density at radius 3 is 2.67 bits per heavy atom. The molecule has 21 heavy (non-hydrogen) atoms. The predicted octanol–water partition coefficient (Wildman–Crippen LogP) is 2.40. The van der Waals surface area contributed by atoms with Crippen LogP contribution in [-0.4, -0.2) is 34.2 Å². The molecule has 1 aliphatic heterocycles. The third-order valence-corrected chi connectivity index (χ3v) is 5.12. The van der Waals surface area contributed by atoms with E-state index in [9.17, 15) is 14.7 Å². The van der Waals surface area contributed by atoms with Crippen molar-refractivity contribution in [3.63, 3.8) is 0 Å². The van der Waals surface area contributed by atoms with Crippen LogP contribution in [0.1, 0.15) is 31.4 Å². The Balaban J connectivity index is 1.91. The fourth-order valence-electron chi connectivity index (χ4n) is 2.36. The molecule has 114 valence electrons. The lowest BCUT2D eigenvalue weighted by Gasteiger charge is -2.23. The molecule has 1 unspecified atom stereocenters. The van der Waals surface area contributed by atoms with Crippen LogP contribution in [0.4, 0.5) is 4.79 Å². The number of carboxylic acid groups (broad SMARTS) is 1. The maximum atomic E-state index is 11.9. The first kappa shape index (κ1) is 15.7. The molecule has 0 saturated carbocycles. The number of benzene rings is 1. The van der Waals surface area contributed by atoms with Gasteiger partial charge in [-0.25, -0.2) is 9.59 Å². The Hall–Kier alpha value is -1.69. The van der Waals surface area contributed by atoms with Crippen molar-refractivity contribution in [2.75, 3.05) is 12.3 Å². The van der Waals surface area contributed by atoms with Gasteiger partial charge in [-0.15, -0.1) is 0 Å². The van der Waals surface area contributed by atoms with Crippen molar-refractivity contribution in [3.05, 3.63) is 35.9 Å². The standard InChI is InChI=1S/C15H20N2O3S/c1-15(8-5-9-21-15)10-16-14(20)17-12(13(18)19)11-6-3-2-4-7-11/h2-4,6-7,12H,5,8-10H2,1H3,(H,18,19)(H2,16,17,20)/t12-,15?/m1/s1. The van der Waals surface area contributed by atoms with Gasteiger partial charge in [-0.05, 0) is 31.1 Å². The Bertz CT molecular complexity index is 501. The molecule has 2 atom stereocenters. The first-order chi connectivity index (χ1) is 10.0. The SMILES string of the molecule is CC1(CNC(=O)N[C@@H](C(=O)O)c2ccccc2)CCCS1. The van der Waals surface area contributed by atoms with Gasteiger partial charge in [-0.1, -0.05) is 30.3 Å². The minimum absolute atomic E-state index is 0.0583. The summed E-state index contributed by atoms with van der Waals surface area (Å²) >= 11 is 1.85. The molecule has 1 aliphatic rings. The fourth-order valence-corrected chi connectivity index (χ4v) is 3.60. The van der Waals surface area contributed by atoms with Crippen LogP contribution < -0.4 is 10.6 Å². The molecule has 0 spiro atoms. The lowest BCUT2D eigenvalue weighted by molar-refractivity contribution is -0.139. The minimum atomic E-state index is -1.07. The molecular formula is C15H20N2O3S. The van der Waals surface area contributed by atoms with Gasteiger partial charge in [0.1, 0.15) is 0 Å². The second-order valence-electron chi connectivity index (χ2n) is 5.41. The smallest absolute Gasteiger partial charge is 0.330 e. The number of hydrogen-bond donors (Lipinski definition) is 3. The second-order valence-corrected chi connectivity index (χ2v) is 7.09. The zero-order valence-corrected chi connectivity index (χ0v) is 12.8. The van der Waals surface area contributed by atoms with Crippen molar-refractivity contribution >= 4 is 23.8 Å². The summed E-state index contributed by atoms with van der Waals surface area (Å²) < 4.78 is 0.0583. The maximum absolute atomic E-state index is 11.9. The van der Waals surface area contributed by atoms with E-state index in [4.69, 9.17) is 0 Å². The average Bonchev–Trinajstić information content (AvgIpc) is 2.90. The van der Waals surface area contributed by atoms with E-state index in [-0.39, 0.29) is 4.75 Å². The van der Waals surface area contributed by atoms with Gasteiger partial charge in [0.15, 0.2) is 6.04 Å². The summed E-state index contributed by atoms with van der Waals surface area (Å²) in [6.07, 6.45) is 2.23. The van der Waals surface area contributed by atoms with Crippen LogP contribution in [-0.2, 0) is 4.79 Å². The maximum Gasteiger partial charge on any atom is 0.330 e. The molecule has 1 fully saturated rings. The van der Waals surface area contributed by atoms with Crippen LogP contribution in [0.2, 0.25) is 0 Å². The van der Waals surface area contributed by atoms with E-state index >= 15 is 0 Å². The van der Waals surface area contributed by atoms with Gasteiger partial charge in [0.25, 0.3) is 0 Å². The highest BCUT2D eigenvalue weighted by atomic mass is 32.2. The molecule has 3 N–H and O–H groups in total. The second kappa shape index (κ2) is 6.85. The highest BCUT2D eigenvalue weighted by Crippen LogP contribution is 2.36. The number of hydrogen-bond acceptors (Lipinski definition) is 3. The number of rotatable bonds is 5. The fraction of sp³-hybridized carbons (Fsp3) is 0.467. The molecule has 0 radical (unpaired) electrons. The van der Waals surface area contributed by atoms with Crippen LogP contribution in [0.3, 0.4) is 0 Å². The van der Waals surface area contributed by atoms with Gasteiger partial charge >= 0.3 is 12.0 Å². The highest BCUT2D eigenvalue weighted by Gasteiger charge is 2.30. The number of carboxylic acids is 1. The molecule has 1 heterocycles. The third-order valence-electron chi connectivity index (χ3n) is 3.58. The number of carbonyl (C=O) groups excluding carboxylic acids is 1. The lowest BCUT2D eigenvalue weighted by atomic mass is 10.1. The summed E-state index contributed by atoms with van der Waals surface area (Å²) in [4.78, 5) is 23.2. The molecule has 0 aromatic heterocycles. The van der Waals surface area contributed by atoms with E-state index < -0.39 is 18.0 Å². The van der Waals surface area contributed by atoms with Crippen molar-refractivity contribution < 1.29 is 14.7 Å². The van der Waals surface area contributed by atoms with Crippen molar-refractivity contribution in [2.24, 2.45) is 0 Å². The summed E-state index contributed by atoms with van der Waals surface area (Å²) in [5.74, 6) is 0.0412. The average molecular weight is 308 g/mol. The number of urea groups is 1. The quantitative estimate of drug-likeness (QED) is 0.780. The van der Waals surface area contributed by atoms with Crippen LogP contribution in [0.25, 0.3) is 0 Å². The normalized spacial score (nSPS) is 22.5. The van der Waals surface area contributed by atoms with Gasteiger partial charge < -0.3 is 15.7 Å². The predicted molar refractivity (Wildman–Crippen MR) is 83.5 cm³/mol. The first-order valence-corrected chi connectivity index (χ1v) is 7.95. The molecule has 1 aromatic carbocycles. The number of amides is 2.